The maximum atomic E-state index is 11.9. The highest BCUT2D eigenvalue weighted by Gasteiger charge is 2.16. The molecule has 0 fully saturated rings. The molecule has 0 atom stereocenters. The van der Waals surface area contributed by atoms with Crippen molar-refractivity contribution in [1.29, 1.82) is 0 Å². The summed E-state index contributed by atoms with van der Waals surface area (Å²) >= 11 is 3.16. The van der Waals surface area contributed by atoms with Crippen molar-refractivity contribution in [3.63, 3.8) is 0 Å². The Kier molecular flexibility index (Phi) is 5.39. The fraction of sp³-hybridized carbons (Fsp3) is 0. The van der Waals surface area contributed by atoms with Crippen LogP contribution in [0.5, 0.6) is 5.75 Å². The Labute approximate surface area is 148 Å². The van der Waals surface area contributed by atoms with E-state index in [0.717, 1.165) is 24.4 Å². The lowest BCUT2D eigenvalue weighted by Gasteiger charge is -2.03. The van der Waals surface area contributed by atoms with Gasteiger partial charge in [-0.1, -0.05) is 15.9 Å². The summed E-state index contributed by atoms with van der Waals surface area (Å²) in [4.78, 5) is 32.0. The van der Waals surface area contributed by atoms with Gasteiger partial charge in [0.05, 0.1) is 27.7 Å². The molecule has 0 aliphatic rings. The first kappa shape index (κ1) is 18.0. The Hall–Kier alpha value is -3.34. The summed E-state index contributed by atoms with van der Waals surface area (Å²) in [5.74, 6) is -0.989. The van der Waals surface area contributed by atoms with E-state index in [9.17, 15) is 30.1 Å². The molecule has 1 amide bonds. The number of nitrogens with zero attached hydrogens (tertiary/aromatic N) is 3. The molecule has 10 nitrogen and oxygen atoms in total. The normalized spacial score (nSPS) is 10.6. The van der Waals surface area contributed by atoms with Gasteiger partial charge in [0.25, 0.3) is 17.3 Å². The summed E-state index contributed by atoms with van der Waals surface area (Å²) in [7, 11) is 0. The maximum absolute atomic E-state index is 11.9. The number of benzene rings is 2. The summed E-state index contributed by atoms with van der Waals surface area (Å²) in [5, 5.41) is 34.8. The Morgan fingerprint density at radius 1 is 1.12 bits per heavy atom. The van der Waals surface area contributed by atoms with Crippen molar-refractivity contribution in [3.05, 3.63) is 72.2 Å². The molecular formula is C14H9BrN4O6. The molecule has 2 aromatic rings. The van der Waals surface area contributed by atoms with Crippen molar-refractivity contribution in [2.24, 2.45) is 5.10 Å². The Balaban J connectivity index is 2.21. The van der Waals surface area contributed by atoms with E-state index in [0.29, 0.717) is 4.47 Å². The number of phenols is 1. The zero-order valence-corrected chi connectivity index (χ0v) is 13.8. The van der Waals surface area contributed by atoms with Crippen LogP contribution in [0.1, 0.15) is 15.9 Å². The third-order valence-electron chi connectivity index (χ3n) is 2.93. The first-order chi connectivity index (χ1) is 11.8. The lowest BCUT2D eigenvalue weighted by Crippen LogP contribution is -2.17. The van der Waals surface area contributed by atoms with Crippen LogP contribution in [0.4, 0.5) is 11.4 Å². The summed E-state index contributed by atoms with van der Waals surface area (Å²) < 4.78 is 0.564. The van der Waals surface area contributed by atoms with E-state index >= 15 is 0 Å². The van der Waals surface area contributed by atoms with Crippen LogP contribution in [0.3, 0.4) is 0 Å². The Morgan fingerprint density at radius 3 is 2.28 bits per heavy atom. The minimum atomic E-state index is -0.775. The number of amides is 1. The van der Waals surface area contributed by atoms with E-state index in [1.807, 2.05) is 0 Å². The van der Waals surface area contributed by atoms with Gasteiger partial charge in [-0.3, -0.25) is 25.0 Å². The van der Waals surface area contributed by atoms with Crippen LogP contribution in [0.15, 0.2) is 46.0 Å². The van der Waals surface area contributed by atoms with Crippen molar-refractivity contribution in [2.75, 3.05) is 0 Å². The summed E-state index contributed by atoms with van der Waals surface area (Å²) in [6, 6.07) is 7.18. The average molecular weight is 409 g/mol. The van der Waals surface area contributed by atoms with E-state index in [-0.39, 0.29) is 16.9 Å². The lowest BCUT2D eigenvalue weighted by atomic mass is 10.2. The standard InChI is InChI=1S/C14H9BrN4O6/c15-9-1-2-13(20)12(5-9)14(21)17-16-7-8-3-10(18(22)23)6-11(4-8)19(24)25/h1-7,20H,(H,17,21). The van der Waals surface area contributed by atoms with E-state index in [2.05, 4.69) is 26.5 Å². The van der Waals surface area contributed by atoms with Crippen molar-refractivity contribution in [2.45, 2.75) is 0 Å². The number of rotatable bonds is 5. The van der Waals surface area contributed by atoms with Gasteiger partial charge in [0, 0.05) is 22.2 Å². The highest BCUT2D eigenvalue weighted by atomic mass is 79.9. The van der Waals surface area contributed by atoms with E-state index in [1.54, 1.807) is 0 Å². The molecule has 128 valence electrons. The second kappa shape index (κ2) is 7.49. The van der Waals surface area contributed by atoms with Gasteiger partial charge in [-0.25, -0.2) is 5.43 Å². The molecule has 0 unspecified atom stereocenters. The molecule has 0 aliphatic carbocycles. The number of non-ortho nitro benzene ring substituents is 2. The van der Waals surface area contributed by atoms with E-state index in [4.69, 9.17) is 0 Å². The molecule has 2 rings (SSSR count). The smallest absolute Gasteiger partial charge is 0.276 e. The highest BCUT2D eigenvalue weighted by Crippen LogP contribution is 2.22. The molecule has 0 radical (unpaired) electrons. The minimum Gasteiger partial charge on any atom is -0.507 e. The van der Waals surface area contributed by atoms with Crippen LogP contribution in [-0.4, -0.2) is 27.1 Å². The third kappa shape index (κ3) is 4.57. The van der Waals surface area contributed by atoms with Gasteiger partial charge in [-0.15, -0.1) is 0 Å². The number of nitro groups is 2. The largest absolute Gasteiger partial charge is 0.507 e. The van der Waals surface area contributed by atoms with Gasteiger partial charge >= 0.3 is 0 Å². The quantitative estimate of drug-likeness (QED) is 0.441. The molecule has 0 spiro atoms. The predicted octanol–water partition coefficient (Wildman–Crippen LogP) is 2.74. The zero-order valence-electron chi connectivity index (χ0n) is 12.2. The van der Waals surface area contributed by atoms with Crippen LogP contribution in [0, 0.1) is 20.2 Å². The molecule has 0 aliphatic heterocycles. The monoisotopic (exact) mass is 408 g/mol. The molecule has 0 heterocycles. The number of hydrogen-bond donors (Lipinski definition) is 2. The average Bonchev–Trinajstić information content (AvgIpc) is 2.56. The second-order valence-corrected chi connectivity index (χ2v) is 5.57. The fourth-order valence-electron chi connectivity index (χ4n) is 1.82. The summed E-state index contributed by atoms with van der Waals surface area (Å²) in [6.45, 7) is 0. The van der Waals surface area contributed by atoms with Crippen LogP contribution >= 0.6 is 15.9 Å². The number of nitro benzene ring substituents is 2. The summed E-state index contributed by atoms with van der Waals surface area (Å²) in [5.41, 5.74) is 1.17. The van der Waals surface area contributed by atoms with Crippen LogP contribution < -0.4 is 5.43 Å². The van der Waals surface area contributed by atoms with Gasteiger partial charge in [0.2, 0.25) is 0 Å². The molecule has 2 N–H and O–H groups in total. The van der Waals surface area contributed by atoms with Crippen LogP contribution in [0.2, 0.25) is 0 Å². The number of carbonyl (C=O) groups excluding carboxylic acids is 1. The van der Waals surface area contributed by atoms with Crippen molar-refractivity contribution in [3.8, 4) is 5.75 Å². The number of hydrogen-bond acceptors (Lipinski definition) is 7. The predicted molar refractivity (Wildman–Crippen MR) is 90.6 cm³/mol. The summed E-state index contributed by atoms with van der Waals surface area (Å²) in [6.07, 6.45) is 1.02. The number of aromatic hydroxyl groups is 1. The SMILES string of the molecule is O=C(NN=Cc1cc([N+](=O)[O-])cc([N+](=O)[O-])c1)c1cc(Br)ccc1O. The molecule has 25 heavy (non-hydrogen) atoms. The van der Waals surface area contributed by atoms with Crippen LogP contribution in [0.25, 0.3) is 0 Å². The number of hydrazone groups is 1. The number of carbonyl (C=O) groups is 1. The molecule has 0 saturated carbocycles. The molecule has 0 saturated heterocycles. The van der Waals surface area contributed by atoms with Crippen LogP contribution in [-0.2, 0) is 0 Å². The molecule has 0 bridgehead atoms. The topological polar surface area (TPSA) is 148 Å². The maximum Gasteiger partial charge on any atom is 0.276 e. The minimum absolute atomic E-state index is 0.0449. The molecular weight excluding hydrogens is 400 g/mol. The van der Waals surface area contributed by atoms with Gasteiger partial charge in [0.1, 0.15) is 5.75 Å². The molecule has 2 aromatic carbocycles. The lowest BCUT2D eigenvalue weighted by molar-refractivity contribution is -0.394. The zero-order chi connectivity index (χ0) is 18.6. The Bertz CT molecular complexity index is 867. The van der Waals surface area contributed by atoms with Crippen molar-refractivity contribution < 1.29 is 19.7 Å². The van der Waals surface area contributed by atoms with Crippen molar-refractivity contribution >= 4 is 39.4 Å². The van der Waals surface area contributed by atoms with Gasteiger partial charge < -0.3 is 5.11 Å². The van der Waals surface area contributed by atoms with Gasteiger partial charge in [0.15, 0.2) is 0 Å². The number of nitrogens with one attached hydrogen (secondary N) is 1. The van der Waals surface area contributed by atoms with Crippen molar-refractivity contribution in [1.82, 2.24) is 5.43 Å². The van der Waals surface area contributed by atoms with Gasteiger partial charge in [-0.05, 0) is 18.2 Å². The first-order valence-electron chi connectivity index (χ1n) is 6.53. The van der Waals surface area contributed by atoms with E-state index < -0.39 is 27.1 Å². The first-order valence-corrected chi connectivity index (χ1v) is 7.33. The molecule has 11 heteroatoms. The third-order valence-corrected chi connectivity index (χ3v) is 3.42. The Morgan fingerprint density at radius 2 is 1.72 bits per heavy atom. The van der Waals surface area contributed by atoms with E-state index in [1.165, 1.54) is 18.2 Å². The number of phenolic OH excluding ortho intramolecular Hbond substituents is 1. The second-order valence-electron chi connectivity index (χ2n) is 4.66. The fourth-order valence-corrected chi connectivity index (χ4v) is 2.18. The molecule has 0 aromatic heterocycles. The number of halogens is 1. The van der Waals surface area contributed by atoms with Gasteiger partial charge in [-0.2, -0.15) is 5.10 Å². The highest BCUT2D eigenvalue weighted by molar-refractivity contribution is 9.10.